The number of nitrogen functional groups attached to an aromatic ring is 2. The molecular weight excluding hydrogens is 534 g/mol. The van der Waals surface area contributed by atoms with Gasteiger partial charge in [-0.15, -0.1) is 11.3 Å². The van der Waals surface area contributed by atoms with E-state index >= 15 is 0 Å². The third-order valence-electron chi connectivity index (χ3n) is 5.92. The van der Waals surface area contributed by atoms with E-state index in [9.17, 15) is 18.5 Å². The van der Waals surface area contributed by atoms with Gasteiger partial charge in [-0.3, -0.25) is 4.79 Å². The Kier molecular flexibility index (Phi) is 6.47. The van der Waals surface area contributed by atoms with Gasteiger partial charge in [-0.05, 0) is 49.7 Å². The normalized spacial score (nSPS) is 11.3. The Balaban J connectivity index is 1.52. The number of nitrogens with zero attached hydrogens (tertiary/aromatic N) is 4. The van der Waals surface area contributed by atoms with Gasteiger partial charge >= 0.3 is 0 Å². The van der Waals surface area contributed by atoms with Gasteiger partial charge in [0, 0.05) is 27.9 Å². The number of aromatic nitrogens is 3. The molecule has 0 amide bonds. The Morgan fingerprint density at radius 2 is 1.62 bits per heavy atom. The Hall–Kier alpha value is -4.86. The van der Waals surface area contributed by atoms with Gasteiger partial charge < -0.3 is 11.5 Å². The lowest BCUT2D eigenvalue weighted by Gasteiger charge is -2.09. The summed E-state index contributed by atoms with van der Waals surface area (Å²) < 4.78 is 28.1. The molecule has 0 atom stereocenters. The number of hydrogen-bond acceptors (Lipinski definition) is 10. The van der Waals surface area contributed by atoms with E-state index in [1.807, 2.05) is 30.3 Å². The summed E-state index contributed by atoms with van der Waals surface area (Å²) >= 11 is 1.06. The van der Waals surface area contributed by atoms with Crippen LogP contribution in [-0.4, -0.2) is 29.2 Å². The number of benzene rings is 2. The zero-order chi connectivity index (χ0) is 27.9. The van der Waals surface area contributed by atoms with Gasteiger partial charge in [0.15, 0.2) is 0 Å². The summed E-state index contributed by atoms with van der Waals surface area (Å²) in [4.78, 5) is 26.6. The van der Waals surface area contributed by atoms with E-state index in [2.05, 4.69) is 25.7 Å². The minimum Gasteiger partial charge on any atom is -0.397 e. The maximum Gasteiger partial charge on any atom is 0.264 e. The molecule has 0 saturated heterocycles. The SMILES string of the molecule is Cc1cc(C)nc(NS(=O)(=O)c2ccc(C(=O)c3sc4nc(N)c(C#N)c(-c5ccccc5)c4c3N)cc2)n1. The number of fused-ring (bicyclic) bond motifs is 1. The highest BCUT2D eigenvalue weighted by Crippen LogP contribution is 2.43. The lowest BCUT2D eigenvalue weighted by Crippen LogP contribution is -2.16. The zero-order valence-corrected chi connectivity index (χ0v) is 22.4. The van der Waals surface area contributed by atoms with E-state index in [-0.39, 0.29) is 38.4 Å². The van der Waals surface area contributed by atoms with Crippen molar-refractivity contribution in [1.29, 1.82) is 5.26 Å². The van der Waals surface area contributed by atoms with Gasteiger partial charge in [-0.25, -0.2) is 28.1 Å². The summed E-state index contributed by atoms with van der Waals surface area (Å²) in [5.41, 5.74) is 15.6. The van der Waals surface area contributed by atoms with Crippen molar-refractivity contribution < 1.29 is 13.2 Å². The number of rotatable bonds is 6. The van der Waals surface area contributed by atoms with E-state index in [1.54, 1.807) is 19.9 Å². The number of thiophene rings is 1. The molecule has 5 aromatic rings. The van der Waals surface area contributed by atoms with E-state index in [1.165, 1.54) is 24.3 Å². The molecule has 0 radical (unpaired) electrons. The van der Waals surface area contributed by atoms with Crippen LogP contribution in [0.2, 0.25) is 0 Å². The summed E-state index contributed by atoms with van der Waals surface area (Å²) in [5, 5.41) is 10.2. The maximum atomic E-state index is 13.5. The molecule has 2 aromatic carbocycles. The zero-order valence-electron chi connectivity index (χ0n) is 20.8. The van der Waals surface area contributed by atoms with Gasteiger partial charge in [-0.2, -0.15) is 5.26 Å². The van der Waals surface area contributed by atoms with E-state index in [4.69, 9.17) is 11.5 Å². The Bertz CT molecular complexity index is 1890. The quantitative estimate of drug-likeness (QED) is 0.255. The smallest absolute Gasteiger partial charge is 0.264 e. The molecule has 12 heteroatoms. The molecular formula is C27H21N7O3S2. The van der Waals surface area contributed by atoms with E-state index < -0.39 is 15.8 Å². The standard InChI is InChI=1S/C27H21N7O3S2/c1-14-12-15(2)32-27(31-14)34-39(36,37)18-10-8-17(9-11-18)23(35)24-22(29)21-20(16-6-4-3-5-7-16)19(13-28)25(30)33-26(21)38-24/h3-12H,29H2,1-2H3,(H2,30,33)(H,31,32,34). The number of aryl methyl sites for hydroxylation is 2. The van der Waals surface area contributed by atoms with Gasteiger partial charge in [0.1, 0.15) is 27.2 Å². The number of ketones is 1. The van der Waals surface area contributed by atoms with Crippen LogP contribution in [0.5, 0.6) is 0 Å². The molecule has 0 bridgehead atoms. The molecule has 0 saturated carbocycles. The largest absolute Gasteiger partial charge is 0.397 e. The van der Waals surface area contributed by atoms with Crippen LogP contribution in [0.4, 0.5) is 17.5 Å². The van der Waals surface area contributed by atoms with Gasteiger partial charge in [-0.1, -0.05) is 30.3 Å². The first-order chi connectivity index (χ1) is 18.6. The first kappa shape index (κ1) is 25.8. The summed E-state index contributed by atoms with van der Waals surface area (Å²) in [6, 6.07) is 18.4. The summed E-state index contributed by atoms with van der Waals surface area (Å²) in [5.74, 6) is -0.413. The molecule has 10 nitrogen and oxygen atoms in total. The predicted octanol–water partition coefficient (Wildman–Crippen LogP) is 4.44. The Morgan fingerprint density at radius 1 is 0.974 bits per heavy atom. The van der Waals surface area contributed by atoms with Crippen LogP contribution in [-0.2, 0) is 10.0 Å². The molecule has 0 fully saturated rings. The highest BCUT2D eigenvalue weighted by Gasteiger charge is 2.25. The second kappa shape index (κ2) is 9.79. The first-order valence-electron chi connectivity index (χ1n) is 11.6. The number of sulfonamides is 1. The summed E-state index contributed by atoms with van der Waals surface area (Å²) in [6.07, 6.45) is 0. The predicted molar refractivity (Wildman–Crippen MR) is 151 cm³/mol. The van der Waals surface area contributed by atoms with Crippen molar-refractivity contribution in [1.82, 2.24) is 15.0 Å². The molecule has 39 heavy (non-hydrogen) atoms. The Morgan fingerprint density at radius 3 is 2.23 bits per heavy atom. The number of nitrogens with one attached hydrogen (secondary N) is 1. The van der Waals surface area contributed by atoms with E-state index in [0.29, 0.717) is 32.7 Å². The lowest BCUT2D eigenvalue weighted by atomic mass is 9.97. The third-order valence-corrected chi connectivity index (χ3v) is 8.36. The van der Waals surface area contributed by atoms with Crippen LogP contribution in [0.25, 0.3) is 21.3 Å². The average molecular weight is 556 g/mol. The molecule has 5 N–H and O–H groups in total. The highest BCUT2D eigenvalue weighted by atomic mass is 32.2. The minimum atomic E-state index is -3.99. The number of carbonyl (C=O) groups excluding carboxylic acids is 1. The lowest BCUT2D eigenvalue weighted by molar-refractivity contribution is 0.104. The van der Waals surface area contributed by atoms with Crippen molar-refractivity contribution in [3.8, 4) is 17.2 Å². The van der Waals surface area contributed by atoms with Crippen LogP contribution in [0, 0.1) is 25.2 Å². The molecule has 5 rings (SSSR count). The third kappa shape index (κ3) is 4.76. The van der Waals surface area contributed by atoms with Crippen LogP contribution in [0.3, 0.4) is 0 Å². The fourth-order valence-electron chi connectivity index (χ4n) is 4.21. The molecule has 0 spiro atoms. The van der Waals surface area contributed by atoms with Crippen LogP contribution >= 0.6 is 11.3 Å². The molecule has 0 aliphatic heterocycles. The molecule has 0 unspecified atom stereocenters. The fourth-order valence-corrected chi connectivity index (χ4v) is 6.23. The summed E-state index contributed by atoms with van der Waals surface area (Å²) in [6.45, 7) is 3.47. The van der Waals surface area contributed by atoms with Gasteiger partial charge in [0.05, 0.1) is 10.6 Å². The van der Waals surface area contributed by atoms with Crippen molar-refractivity contribution in [3.05, 3.63) is 88.1 Å². The Labute approximate surface area is 228 Å². The van der Waals surface area contributed by atoms with Crippen LogP contribution in [0.15, 0.2) is 65.6 Å². The second-order valence-corrected chi connectivity index (χ2v) is 11.4. The molecule has 194 valence electrons. The van der Waals surface area contributed by atoms with Crippen LogP contribution in [0.1, 0.15) is 32.2 Å². The average Bonchev–Trinajstić information content (AvgIpc) is 3.22. The van der Waals surface area contributed by atoms with Crippen molar-refractivity contribution in [3.63, 3.8) is 0 Å². The van der Waals surface area contributed by atoms with Crippen molar-refractivity contribution in [2.75, 3.05) is 16.2 Å². The monoisotopic (exact) mass is 555 g/mol. The second-order valence-electron chi connectivity index (χ2n) is 8.68. The first-order valence-corrected chi connectivity index (χ1v) is 13.9. The van der Waals surface area contributed by atoms with E-state index in [0.717, 1.165) is 11.3 Å². The van der Waals surface area contributed by atoms with Crippen molar-refractivity contribution in [2.45, 2.75) is 18.7 Å². The highest BCUT2D eigenvalue weighted by molar-refractivity contribution is 7.92. The number of nitriles is 1. The fraction of sp³-hybridized carbons (Fsp3) is 0.0741. The molecule has 3 aromatic heterocycles. The number of hydrogen-bond donors (Lipinski definition) is 3. The maximum absolute atomic E-state index is 13.5. The van der Waals surface area contributed by atoms with Crippen molar-refractivity contribution >= 4 is 54.8 Å². The van der Waals surface area contributed by atoms with Crippen LogP contribution < -0.4 is 16.2 Å². The topological polar surface area (TPSA) is 178 Å². The van der Waals surface area contributed by atoms with Gasteiger partial charge in [0.25, 0.3) is 10.0 Å². The van der Waals surface area contributed by atoms with Crippen molar-refractivity contribution in [2.24, 2.45) is 0 Å². The minimum absolute atomic E-state index is 0.0385. The number of carbonyl (C=O) groups is 1. The number of nitrogens with two attached hydrogens (primary N) is 2. The molecule has 0 aliphatic rings. The molecule has 0 aliphatic carbocycles. The summed E-state index contributed by atoms with van der Waals surface area (Å²) in [7, 11) is -3.99. The molecule has 3 heterocycles. The van der Waals surface area contributed by atoms with Gasteiger partial charge in [0.2, 0.25) is 11.7 Å². The number of anilines is 3. The number of pyridine rings is 1.